The number of para-hydroxylation sites is 1. The van der Waals surface area contributed by atoms with E-state index in [-0.39, 0.29) is 12.1 Å². The first-order valence-corrected chi connectivity index (χ1v) is 10.6. The molecule has 3 rings (SSSR count). The van der Waals surface area contributed by atoms with Crippen molar-refractivity contribution in [3.63, 3.8) is 0 Å². The van der Waals surface area contributed by atoms with E-state index in [1.54, 1.807) is 37.6 Å². The van der Waals surface area contributed by atoms with Crippen LogP contribution in [0.15, 0.2) is 64.0 Å². The fourth-order valence-corrected chi connectivity index (χ4v) is 4.47. The molecule has 3 aromatic rings. The fourth-order valence-electron chi connectivity index (χ4n) is 2.69. The minimum Gasteiger partial charge on any atom is -0.481 e. The molecule has 0 saturated heterocycles. The average Bonchev–Trinajstić information content (AvgIpc) is 2.73. The van der Waals surface area contributed by atoms with Crippen LogP contribution in [-0.4, -0.2) is 17.8 Å². The smallest absolute Gasteiger partial charge is 0.213 e. The van der Waals surface area contributed by atoms with Gasteiger partial charge < -0.3 is 10.1 Å². The number of ether oxygens (including phenoxy) is 1. The molecular formula is C21H20ClF2N3OS. The quantitative estimate of drug-likeness (QED) is 0.484. The summed E-state index contributed by atoms with van der Waals surface area (Å²) in [5.74, 6) is 0.301. The number of hydrogen-bond donors (Lipinski definition) is 1. The number of rotatable bonds is 7. The fraction of sp³-hybridized carbons (Fsp3) is 0.190. The molecule has 0 amide bonds. The SMILES string of the molecule is CCS(=Nc1ccc(OC)nc1)c1cccc(F)c1NCc1c(F)cccc1Cl. The number of hydrogen-bond acceptors (Lipinski definition) is 4. The summed E-state index contributed by atoms with van der Waals surface area (Å²) in [7, 11) is 0.914. The number of benzene rings is 2. The summed E-state index contributed by atoms with van der Waals surface area (Å²) < 4.78 is 38.5. The van der Waals surface area contributed by atoms with E-state index in [9.17, 15) is 8.78 Å². The Kier molecular flexibility index (Phi) is 7.17. The van der Waals surface area contributed by atoms with Crippen LogP contribution in [0.5, 0.6) is 5.88 Å². The molecule has 2 aromatic carbocycles. The highest BCUT2D eigenvalue weighted by molar-refractivity contribution is 7.87. The maximum atomic E-state index is 14.6. The highest BCUT2D eigenvalue weighted by Crippen LogP contribution is 2.29. The van der Waals surface area contributed by atoms with Crippen LogP contribution in [0.1, 0.15) is 12.5 Å². The van der Waals surface area contributed by atoms with Gasteiger partial charge in [0.25, 0.3) is 0 Å². The molecule has 0 aliphatic carbocycles. The van der Waals surface area contributed by atoms with E-state index in [0.29, 0.717) is 32.9 Å². The van der Waals surface area contributed by atoms with Crippen LogP contribution in [0.3, 0.4) is 0 Å². The Bertz CT molecular complexity index is 1010. The van der Waals surface area contributed by atoms with Gasteiger partial charge in [-0.3, -0.25) is 0 Å². The van der Waals surface area contributed by atoms with E-state index in [2.05, 4.69) is 10.3 Å². The number of aromatic nitrogens is 1. The van der Waals surface area contributed by atoms with Crippen LogP contribution in [0.4, 0.5) is 20.2 Å². The van der Waals surface area contributed by atoms with Gasteiger partial charge >= 0.3 is 0 Å². The summed E-state index contributed by atoms with van der Waals surface area (Å²) in [5, 5.41) is 3.30. The summed E-state index contributed by atoms with van der Waals surface area (Å²) >= 11 is 6.09. The van der Waals surface area contributed by atoms with Crippen LogP contribution < -0.4 is 10.1 Å². The van der Waals surface area contributed by atoms with E-state index < -0.39 is 22.3 Å². The lowest BCUT2D eigenvalue weighted by Gasteiger charge is -2.16. The monoisotopic (exact) mass is 435 g/mol. The summed E-state index contributed by atoms with van der Waals surface area (Å²) in [5.41, 5.74) is 1.25. The summed E-state index contributed by atoms with van der Waals surface area (Å²) in [4.78, 5) is 4.86. The average molecular weight is 436 g/mol. The Morgan fingerprint density at radius 1 is 1.10 bits per heavy atom. The van der Waals surface area contributed by atoms with E-state index in [4.69, 9.17) is 20.7 Å². The molecule has 1 N–H and O–H groups in total. The second-order valence-electron chi connectivity index (χ2n) is 5.97. The Balaban J connectivity index is 1.94. The molecule has 1 aromatic heterocycles. The van der Waals surface area contributed by atoms with E-state index in [0.717, 1.165) is 0 Å². The molecule has 0 radical (unpaired) electrons. The maximum absolute atomic E-state index is 14.6. The number of anilines is 1. The summed E-state index contributed by atoms with van der Waals surface area (Å²) in [6.45, 7) is 2.04. The second kappa shape index (κ2) is 9.80. The Labute approximate surface area is 176 Å². The third-order valence-corrected chi connectivity index (χ3v) is 6.33. The normalized spacial score (nSPS) is 12.0. The van der Waals surface area contributed by atoms with Gasteiger partial charge in [-0.2, -0.15) is 0 Å². The lowest BCUT2D eigenvalue weighted by atomic mass is 10.2. The van der Waals surface area contributed by atoms with Crippen molar-refractivity contribution in [1.29, 1.82) is 0 Å². The highest BCUT2D eigenvalue weighted by atomic mass is 35.5. The molecule has 0 bridgehead atoms. The molecule has 0 fully saturated rings. The zero-order chi connectivity index (χ0) is 20.8. The minimum atomic E-state index is -0.630. The van der Waals surface area contributed by atoms with E-state index in [1.165, 1.54) is 18.2 Å². The van der Waals surface area contributed by atoms with Gasteiger partial charge in [0.1, 0.15) is 11.6 Å². The zero-order valence-electron chi connectivity index (χ0n) is 16.0. The van der Waals surface area contributed by atoms with Crippen molar-refractivity contribution in [2.24, 2.45) is 4.36 Å². The van der Waals surface area contributed by atoms with E-state index in [1.807, 2.05) is 13.0 Å². The second-order valence-corrected chi connectivity index (χ2v) is 8.31. The first-order chi connectivity index (χ1) is 14.0. The first-order valence-electron chi connectivity index (χ1n) is 8.91. The van der Waals surface area contributed by atoms with Crippen LogP contribution in [0.2, 0.25) is 5.02 Å². The highest BCUT2D eigenvalue weighted by Gasteiger charge is 2.14. The molecule has 0 saturated carbocycles. The lowest BCUT2D eigenvalue weighted by Crippen LogP contribution is -2.08. The number of methoxy groups -OCH3 is 1. The Morgan fingerprint density at radius 2 is 1.86 bits per heavy atom. The molecule has 0 spiro atoms. The van der Waals surface area contributed by atoms with Crippen molar-refractivity contribution in [3.8, 4) is 5.88 Å². The van der Waals surface area contributed by atoms with Crippen molar-refractivity contribution in [3.05, 3.63) is 76.9 Å². The molecule has 1 atom stereocenters. The Hall–Kier alpha value is -2.51. The lowest BCUT2D eigenvalue weighted by molar-refractivity contribution is 0.398. The third-order valence-electron chi connectivity index (χ3n) is 4.15. The molecule has 1 unspecified atom stereocenters. The van der Waals surface area contributed by atoms with E-state index >= 15 is 0 Å². The number of nitrogens with one attached hydrogen (secondary N) is 1. The standard InChI is InChI=1S/C21H20ClF2N3OS/c1-3-29(27-14-10-11-20(28-2)25-12-14)19-9-5-8-18(24)21(19)26-13-15-16(22)6-4-7-17(15)23/h4-12,26H,3,13H2,1-2H3. The topological polar surface area (TPSA) is 46.5 Å². The van der Waals surface area contributed by atoms with Gasteiger partial charge in [0, 0.05) is 33.8 Å². The van der Waals surface area contributed by atoms with Gasteiger partial charge in [-0.1, -0.05) is 41.3 Å². The van der Waals surface area contributed by atoms with Crippen LogP contribution >= 0.6 is 11.6 Å². The molecule has 1 heterocycles. The summed E-state index contributed by atoms with van der Waals surface area (Å²) in [6.07, 6.45) is 1.61. The van der Waals surface area contributed by atoms with Crippen molar-refractivity contribution in [2.75, 3.05) is 18.2 Å². The van der Waals surface area contributed by atoms with Gasteiger partial charge in [0.15, 0.2) is 0 Å². The molecule has 0 aliphatic heterocycles. The Morgan fingerprint density at radius 3 is 2.52 bits per heavy atom. The predicted octanol–water partition coefficient (Wildman–Crippen LogP) is 6.15. The molecule has 0 aliphatic rings. The maximum Gasteiger partial charge on any atom is 0.213 e. The largest absolute Gasteiger partial charge is 0.481 e. The molecular weight excluding hydrogens is 416 g/mol. The van der Waals surface area contributed by atoms with Gasteiger partial charge in [0.05, 0.1) is 24.7 Å². The minimum absolute atomic E-state index is 0.0600. The first kappa shape index (κ1) is 21.2. The zero-order valence-corrected chi connectivity index (χ0v) is 17.5. The molecule has 4 nitrogen and oxygen atoms in total. The van der Waals surface area contributed by atoms with Crippen molar-refractivity contribution < 1.29 is 13.5 Å². The number of halogens is 3. The molecule has 152 valence electrons. The van der Waals surface area contributed by atoms with Gasteiger partial charge in [-0.15, -0.1) is 0 Å². The number of nitrogens with zero attached hydrogens (tertiary/aromatic N) is 2. The van der Waals surface area contributed by atoms with Gasteiger partial charge in [-0.05, 0) is 30.3 Å². The van der Waals surface area contributed by atoms with Gasteiger partial charge in [0.2, 0.25) is 5.88 Å². The van der Waals surface area contributed by atoms with Crippen molar-refractivity contribution in [2.45, 2.75) is 18.4 Å². The van der Waals surface area contributed by atoms with Gasteiger partial charge in [-0.25, -0.2) is 18.1 Å². The summed E-state index contributed by atoms with van der Waals surface area (Å²) in [6, 6.07) is 12.8. The molecule has 8 heteroatoms. The van der Waals surface area contributed by atoms with Crippen LogP contribution in [0.25, 0.3) is 0 Å². The van der Waals surface area contributed by atoms with Crippen LogP contribution in [0, 0.1) is 11.6 Å². The van der Waals surface area contributed by atoms with Crippen molar-refractivity contribution in [1.82, 2.24) is 4.98 Å². The number of pyridine rings is 1. The molecule has 29 heavy (non-hydrogen) atoms. The third kappa shape index (κ3) is 5.10. The predicted molar refractivity (Wildman–Crippen MR) is 114 cm³/mol. The van der Waals surface area contributed by atoms with Crippen LogP contribution in [-0.2, 0) is 17.2 Å². The van der Waals surface area contributed by atoms with Crippen molar-refractivity contribution >= 4 is 33.7 Å².